The first kappa shape index (κ1) is 14.7. The molecule has 1 aromatic rings. The summed E-state index contributed by atoms with van der Waals surface area (Å²) in [5.74, 6) is -1.01. The van der Waals surface area contributed by atoms with Crippen molar-refractivity contribution in [2.24, 2.45) is 0 Å². The molecule has 1 aliphatic heterocycles. The van der Waals surface area contributed by atoms with Crippen LogP contribution in [0.5, 0.6) is 0 Å². The van der Waals surface area contributed by atoms with Crippen molar-refractivity contribution in [1.82, 2.24) is 5.32 Å². The average Bonchev–Trinajstić information content (AvgIpc) is 2.51. The summed E-state index contributed by atoms with van der Waals surface area (Å²) >= 11 is 3.11. The Morgan fingerprint density at radius 1 is 1.37 bits per heavy atom. The van der Waals surface area contributed by atoms with Crippen LogP contribution in [-0.4, -0.2) is 25.2 Å². The van der Waals surface area contributed by atoms with E-state index in [1.165, 1.54) is 12.1 Å². The zero-order valence-electron chi connectivity index (χ0n) is 11.3. The van der Waals surface area contributed by atoms with Crippen LogP contribution >= 0.6 is 15.9 Å². The molecular weight excluding hydrogens is 314 g/mol. The molecule has 106 valence electrons. The van der Waals surface area contributed by atoms with E-state index in [1.54, 1.807) is 0 Å². The van der Waals surface area contributed by atoms with Crippen LogP contribution in [0, 0.1) is 11.6 Å². The third kappa shape index (κ3) is 3.26. The summed E-state index contributed by atoms with van der Waals surface area (Å²) in [7, 11) is 0. The fourth-order valence-electron chi connectivity index (χ4n) is 2.48. The molecular formula is C14H19BrF2N2. The molecule has 1 fully saturated rings. The van der Waals surface area contributed by atoms with Gasteiger partial charge in [0, 0.05) is 23.1 Å². The van der Waals surface area contributed by atoms with E-state index >= 15 is 0 Å². The standard InChI is InChI=1S/C14H19BrF2N2/c1-3-14(2)9-19(6-4-5-18-14)13-11(16)7-10(15)8-12(13)17/h7-8,18H,3-6,9H2,1-2H3. The number of anilines is 1. The monoisotopic (exact) mass is 332 g/mol. The van der Waals surface area contributed by atoms with Gasteiger partial charge >= 0.3 is 0 Å². The van der Waals surface area contributed by atoms with Crippen molar-refractivity contribution >= 4 is 21.6 Å². The normalized spacial score (nSPS) is 24.4. The van der Waals surface area contributed by atoms with Gasteiger partial charge in [-0.15, -0.1) is 0 Å². The summed E-state index contributed by atoms with van der Waals surface area (Å²) < 4.78 is 28.5. The fourth-order valence-corrected chi connectivity index (χ4v) is 2.88. The molecule has 2 rings (SSSR count). The van der Waals surface area contributed by atoms with E-state index in [1.807, 2.05) is 4.90 Å². The Bertz CT molecular complexity index is 444. The van der Waals surface area contributed by atoms with Crippen molar-refractivity contribution in [2.75, 3.05) is 24.5 Å². The topological polar surface area (TPSA) is 15.3 Å². The number of hydrogen-bond donors (Lipinski definition) is 1. The highest BCUT2D eigenvalue weighted by Crippen LogP contribution is 2.29. The molecule has 0 saturated carbocycles. The average molecular weight is 333 g/mol. The van der Waals surface area contributed by atoms with Gasteiger partial charge in [0.1, 0.15) is 5.69 Å². The lowest BCUT2D eigenvalue weighted by molar-refractivity contribution is 0.365. The van der Waals surface area contributed by atoms with Gasteiger partial charge in [-0.2, -0.15) is 0 Å². The second-order valence-electron chi connectivity index (χ2n) is 5.33. The molecule has 0 radical (unpaired) electrons. The van der Waals surface area contributed by atoms with Gasteiger partial charge < -0.3 is 10.2 Å². The van der Waals surface area contributed by atoms with Gasteiger partial charge in [-0.3, -0.25) is 0 Å². The third-order valence-electron chi connectivity index (χ3n) is 3.77. The van der Waals surface area contributed by atoms with Crippen LogP contribution in [0.2, 0.25) is 0 Å². The zero-order chi connectivity index (χ0) is 14.0. The number of hydrogen-bond acceptors (Lipinski definition) is 2. The first-order valence-corrected chi connectivity index (χ1v) is 7.39. The molecule has 1 saturated heterocycles. The van der Waals surface area contributed by atoms with Crippen molar-refractivity contribution in [3.63, 3.8) is 0 Å². The number of nitrogens with one attached hydrogen (secondary N) is 1. The van der Waals surface area contributed by atoms with Gasteiger partial charge in [-0.1, -0.05) is 22.9 Å². The molecule has 0 bridgehead atoms. The van der Waals surface area contributed by atoms with E-state index < -0.39 is 11.6 Å². The van der Waals surface area contributed by atoms with Crippen LogP contribution in [0.15, 0.2) is 16.6 Å². The van der Waals surface area contributed by atoms with Crippen LogP contribution in [0.3, 0.4) is 0 Å². The van der Waals surface area contributed by atoms with Crippen LogP contribution in [0.1, 0.15) is 26.7 Å². The molecule has 1 atom stereocenters. The maximum Gasteiger partial charge on any atom is 0.150 e. The molecule has 1 heterocycles. The summed E-state index contributed by atoms with van der Waals surface area (Å²) in [6, 6.07) is 2.64. The summed E-state index contributed by atoms with van der Waals surface area (Å²) in [4.78, 5) is 1.82. The van der Waals surface area contributed by atoms with E-state index in [0.717, 1.165) is 19.4 Å². The van der Waals surface area contributed by atoms with Crippen molar-refractivity contribution in [2.45, 2.75) is 32.2 Å². The minimum atomic E-state index is -0.507. The fraction of sp³-hybridized carbons (Fsp3) is 0.571. The Morgan fingerprint density at radius 2 is 2.00 bits per heavy atom. The van der Waals surface area contributed by atoms with Gasteiger partial charge in [0.2, 0.25) is 0 Å². The predicted molar refractivity (Wildman–Crippen MR) is 77.6 cm³/mol. The molecule has 1 aromatic carbocycles. The Balaban J connectivity index is 2.35. The second-order valence-corrected chi connectivity index (χ2v) is 6.25. The van der Waals surface area contributed by atoms with Crippen molar-refractivity contribution in [1.29, 1.82) is 0 Å². The molecule has 0 aliphatic carbocycles. The first-order chi connectivity index (χ1) is 8.95. The van der Waals surface area contributed by atoms with Crippen molar-refractivity contribution in [3.05, 3.63) is 28.2 Å². The van der Waals surface area contributed by atoms with E-state index in [-0.39, 0.29) is 11.2 Å². The van der Waals surface area contributed by atoms with Gasteiger partial charge in [0.25, 0.3) is 0 Å². The molecule has 1 unspecified atom stereocenters. The lowest BCUT2D eigenvalue weighted by Gasteiger charge is -2.34. The molecule has 0 aromatic heterocycles. The Kier molecular flexibility index (Phi) is 4.46. The van der Waals surface area contributed by atoms with E-state index in [4.69, 9.17) is 0 Å². The zero-order valence-corrected chi connectivity index (χ0v) is 12.9. The lowest BCUT2D eigenvalue weighted by Crippen LogP contribution is -2.48. The minimum Gasteiger partial charge on any atom is -0.365 e. The Labute approximate surface area is 121 Å². The molecule has 19 heavy (non-hydrogen) atoms. The number of benzene rings is 1. The summed E-state index contributed by atoms with van der Waals surface area (Å²) in [6.07, 6.45) is 1.80. The third-order valence-corrected chi connectivity index (χ3v) is 4.23. The minimum absolute atomic E-state index is 0.0894. The van der Waals surface area contributed by atoms with Crippen LogP contribution in [0.25, 0.3) is 0 Å². The predicted octanol–water partition coefficient (Wildman–Crippen LogP) is 3.70. The largest absolute Gasteiger partial charge is 0.365 e. The van der Waals surface area contributed by atoms with E-state index in [2.05, 4.69) is 35.1 Å². The molecule has 0 amide bonds. The van der Waals surface area contributed by atoms with Gasteiger partial charge in [-0.05, 0) is 38.4 Å². The van der Waals surface area contributed by atoms with Crippen molar-refractivity contribution < 1.29 is 8.78 Å². The molecule has 5 heteroatoms. The number of rotatable bonds is 2. The van der Waals surface area contributed by atoms with E-state index in [9.17, 15) is 8.78 Å². The highest BCUT2D eigenvalue weighted by atomic mass is 79.9. The molecule has 2 nitrogen and oxygen atoms in total. The number of nitrogens with zero attached hydrogens (tertiary/aromatic N) is 1. The maximum atomic E-state index is 14.1. The van der Waals surface area contributed by atoms with E-state index in [0.29, 0.717) is 17.6 Å². The first-order valence-electron chi connectivity index (χ1n) is 6.60. The molecule has 0 spiro atoms. The summed E-state index contributed by atoms with van der Waals surface area (Å²) in [5.41, 5.74) is -0.0193. The lowest BCUT2D eigenvalue weighted by atomic mass is 9.98. The van der Waals surface area contributed by atoms with Crippen LogP contribution in [0.4, 0.5) is 14.5 Å². The Hall–Kier alpha value is -0.680. The summed E-state index contributed by atoms with van der Waals surface area (Å²) in [5, 5.41) is 3.46. The van der Waals surface area contributed by atoms with Gasteiger partial charge in [0.15, 0.2) is 11.6 Å². The highest BCUT2D eigenvalue weighted by molar-refractivity contribution is 9.10. The smallest absolute Gasteiger partial charge is 0.150 e. The quantitative estimate of drug-likeness (QED) is 0.888. The SMILES string of the molecule is CCC1(C)CN(c2c(F)cc(Br)cc2F)CCCN1. The second kappa shape index (κ2) is 5.75. The van der Waals surface area contributed by atoms with Gasteiger partial charge in [-0.25, -0.2) is 8.78 Å². The van der Waals surface area contributed by atoms with Crippen LogP contribution < -0.4 is 10.2 Å². The molecule has 1 N–H and O–H groups in total. The summed E-state index contributed by atoms with van der Waals surface area (Å²) in [6.45, 7) is 6.34. The van der Waals surface area contributed by atoms with Crippen molar-refractivity contribution in [3.8, 4) is 0 Å². The van der Waals surface area contributed by atoms with Gasteiger partial charge in [0.05, 0.1) is 0 Å². The number of halogens is 3. The maximum absolute atomic E-state index is 14.1. The molecule has 1 aliphatic rings. The Morgan fingerprint density at radius 3 is 2.58 bits per heavy atom. The highest BCUT2D eigenvalue weighted by Gasteiger charge is 2.29. The van der Waals surface area contributed by atoms with Crippen LogP contribution in [-0.2, 0) is 0 Å².